The normalized spacial score (nSPS) is 10.7. The average molecular weight is 304 g/mol. The Balaban J connectivity index is 1.48. The number of benzene rings is 3. The highest BCUT2D eigenvalue weighted by Gasteiger charge is 1.98. The average Bonchev–Trinajstić information content (AvgIpc) is 2.62. The van der Waals surface area contributed by atoms with Crippen molar-refractivity contribution >= 4 is 0 Å². The fourth-order valence-electron chi connectivity index (χ4n) is 2.49. The first kappa shape index (κ1) is 15.4. The highest BCUT2D eigenvalue weighted by molar-refractivity contribution is 5.62. The maximum atomic E-state index is 12.8. The Hall–Kier alpha value is -2.45. The molecule has 0 bridgehead atoms. The Bertz CT molecular complexity index is 718. The van der Waals surface area contributed by atoms with Crippen LogP contribution in [-0.2, 0) is 13.0 Å². The molecular formula is C21H19FN. The van der Waals surface area contributed by atoms with Gasteiger partial charge in [0, 0.05) is 6.54 Å². The number of nitrogens with one attached hydrogen (secondary N) is 1. The molecule has 1 N–H and O–H groups in total. The molecule has 3 aromatic rings. The van der Waals surface area contributed by atoms with Crippen LogP contribution in [0, 0.1) is 11.9 Å². The van der Waals surface area contributed by atoms with Crippen LogP contribution in [0.4, 0.5) is 4.39 Å². The van der Waals surface area contributed by atoms with E-state index in [4.69, 9.17) is 0 Å². The molecule has 0 atom stereocenters. The molecule has 2 heteroatoms. The van der Waals surface area contributed by atoms with E-state index in [0.717, 1.165) is 30.6 Å². The van der Waals surface area contributed by atoms with Crippen LogP contribution in [0.2, 0.25) is 0 Å². The zero-order valence-electron chi connectivity index (χ0n) is 12.9. The lowest BCUT2D eigenvalue weighted by molar-refractivity contribution is 0.626. The number of halogens is 1. The zero-order chi connectivity index (χ0) is 15.9. The standard InChI is InChI=1S/C21H19FN/c22-21-12-8-17(9-13-21)14-15-23-16-18-6-10-20(11-7-18)19-4-2-1-3-5-19/h1-4,6-13,23H,14-16H2. The Labute approximate surface area is 136 Å². The Morgan fingerprint density at radius 3 is 2.26 bits per heavy atom. The molecule has 1 radical (unpaired) electrons. The molecule has 0 aliphatic carbocycles. The molecule has 1 nitrogen and oxygen atoms in total. The first-order valence-corrected chi connectivity index (χ1v) is 7.82. The second-order valence-corrected chi connectivity index (χ2v) is 5.53. The van der Waals surface area contributed by atoms with Gasteiger partial charge in [0.2, 0.25) is 0 Å². The second-order valence-electron chi connectivity index (χ2n) is 5.53. The minimum atomic E-state index is -0.183. The summed E-state index contributed by atoms with van der Waals surface area (Å²) in [6.07, 6.45) is 0.900. The Morgan fingerprint density at radius 1 is 0.826 bits per heavy atom. The summed E-state index contributed by atoms with van der Waals surface area (Å²) in [5, 5.41) is 3.42. The fourth-order valence-corrected chi connectivity index (χ4v) is 2.49. The lowest BCUT2D eigenvalue weighted by atomic mass is 10.0. The SMILES string of the molecule is Fc1ccc(CCNCc2ccc(-c3[c]cccc3)cc2)cc1. The van der Waals surface area contributed by atoms with Crippen LogP contribution in [0.25, 0.3) is 11.1 Å². The summed E-state index contributed by atoms with van der Waals surface area (Å²) in [4.78, 5) is 0. The molecule has 0 saturated heterocycles. The molecule has 0 unspecified atom stereocenters. The molecule has 0 saturated carbocycles. The predicted molar refractivity (Wildman–Crippen MR) is 92.5 cm³/mol. The maximum Gasteiger partial charge on any atom is 0.123 e. The van der Waals surface area contributed by atoms with Gasteiger partial charge in [-0.05, 0) is 53.4 Å². The molecular weight excluding hydrogens is 285 g/mol. The molecule has 3 rings (SSSR count). The molecule has 3 aromatic carbocycles. The molecule has 0 heterocycles. The lowest BCUT2D eigenvalue weighted by Crippen LogP contribution is -2.16. The van der Waals surface area contributed by atoms with Gasteiger partial charge < -0.3 is 5.32 Å². The van der Waals surface area contributed by atoms with Gasteiger partial charge in [-0.1, -0.05) is 60.7 Å². The van der Waals surface area contributed by atoms with Crippen LogP contribution in [-0.4, -0.2) is 6.54 Å². The summed E-state index contributed by atoms with van der Waals surface area (Å²) in [5.41, 5.74) is 4.70. The van der Waals surface area contributed by atoms with E-state index in [0.29, 0.717) is 0 Å². The summed E-state index contributed by atoms with van der Waals surface area (Å²) < 4.78 is 12.8. The highest BCUT2D eigenvalue weighted by Crippen LogP contribution is 2.18. The largest absolute Gasteiger partial charge is 0.312 e. The number of hydrogen-bond acceptors (Lipinski definition) is 1. The van der Waals surface area contributed by atoms with Crippen molar-refractivity contribution in [2.75, 3.05) is 6.54 Å². The van der Waals surface area contributed by atoms with Gasteiger partial charge in [-0.3, -0.25) is 0 Å². The van der Waals surface area contributed by atoms with Crippen LogP contribution < -0.4 is 5.32 Å². The van der Waals surface area contributed by atoms with Crippen molar-refractivity contribution in [1.29, 1.82) is 0 Å². The van der Waals surface area contributed by atoms with Gasteiger partial charge >= 0.3 is 0 Å². The third-order valence-corrected chi connectivity index (χ3v) is 3.81. The van der Waals surface area contributed by atoms with Gasteiger partial charge in [0.15, 0.2) is 0 Å². The van der Waals surface area contributed by atoms with Crippen LogP contribution in [0.5, 0.6) is 0 Å². The summed E-state index contributed by atoms with van der Waals surface area (Å²) in [5.74, 6) is -0.183. The molecule has 23 heavy (non-hydrogen) atoms. The molecule has 115 valence electrons. The van der Waals surface area contributed by atoms with Gasteiger partial charge in [0.05, 0.1) is 0 Å². The quantitative estimate of drug-likeness (QED) is 0.655. The summed E-state index contributed by atoms with van der Waals surface area (Å²) in [6, 6.07) is 26.5. The van der Waals surface area contributed by atoms with Crippen molar-refractivity contribution in [2.45, 2.75) is 13.0 Å². The van der Waals surface area contributed by atoms with Gasteiger partial charge in [0.1, 0.15) is 5.82 Å². The van der Waals surface area contributed by atoms with Crippen molar-refractivity contribution in [1.82, 2.24) is 5.32 Å². The molecule has 0 fully saturated rings. The maximum absolute atomic E-state index is 12.8. The summed E-state index contributed by atoms with van der Waals surface area (Å²) in [7, 11) is 0. The van der Waals surface area contributed by atoms with Crippen molar-refractivity contribution < 1.29 is 4.39 Å². The number of hydrogen-bond donors (Lipinski definition) is 1. The van der Waals surface area contributed by atoms with E-state index in [1.54, 1.807) is 0 Å². The summed E-state index contributed by atoms with van der Waals surface area (Å²) in [6.45, 7) is 1.71. The smallest absolute Gasteiger partial charge is 0.123 e. The molecule has 0 spiro atoms. The third-order valence-electron chi connectivity index (χ3n) is 3.81. The van der Waals surface area contributed by atoms with Crippen LogP contribution in [0.15, 0.2) is 72.8 Å². The van der Waals surface area contributed by atoms with Crippen molar-refractivity contribution in [3.63, 3.8) is 0 Å². The first-order chi connectivity index (χ1) is 11.3. The Kier molecular flexibility index (Phi) is 5.17. The van der Waals surface area contributed by atoms with Gasteiger partial charge in [0.25, 0.3) is 0 Å². The Morgan fingerprint density at radius 2 is 1.57 bits per heavy atom. The van der Waals surface area contributed by atoms with Gasteiger partial charge in [-0.15, -0.1) is 0 Å². The van der Waals surface area contributed by atoms with E-state index in [-0.39, 0.29) is 5.82 Å². The monoisotopic (exact) mass is 304 g/mol. The fraction of sp³-hybridized carbons (Fsp3) is 0.143. The first-order valence-electron chi connectivity index (χ1n) is 7.82. The topological polar surface area (TPSA) is 12.0 Å². The van der Waals surface area contributed by atoms with Crippen molar-refractivity contribution in [3.8, 4) is 11.1 Å². The van der Waals surface area contributed by atoms with Crippen LogP contribution in [0.3, 0.4) is 0 Å². The van der Waals surface area contributed by atoms with E-state index in [1.165, 1.54) is 23.3 Å². The van der Waals surface area contributed by atoms with E-state index in [1.807, 2.05) is 30.3 Å². The molecule has 0 aliphatic rings. The van der Waals surface area contributed by atoms with Gasteiger partial charge in [-0.25, -0.2) is 4.39 Å². The van der Waals surface area contributed by atoms with Crippen LogP contribution in [0.1, 0.15) is 11.1 Å². The molecule has 0 aliphatic heterocycles. The predicted octanol–water partition coefficient (Wildman–Crippen LogP) is 4.63. The number of rotatable bonds is 6. The molecule has 0 amide bonds. The van der Waals surface area contributed by atoms with Crippen molar-refractivity contribution in [2.24, 2.45) is 0 Å². The highest BCUT2D eigenvalue weighted by atomic mass is 19.1. The third kappa shape index (κ3) is 4.51. The van der Waals surface area contributed by atoms with E-state index < -0.39 is 0 Å². The lowest BCUT2D eigenvalue weighted by Gasteiger charge is -2.07. The second kappa shape index (κ2) is 7.70. The minimum absolute atomic E-state index is 0.183. The van der Waals surface area contributed by atoms with E-state index in [9.17, 15) is 4.39 Å². The van der Waals surface area contributed by atoms with Crippen molar-refractivity contribution in [3.05, 3.63) is 95.8 Å². The molecule has 0 aromatic heterocycles. The zero-order valence-corrected chi connectivity index (χ0v) is 12.9. The van der Waals surface area contributed by atoms with E-state index in [2.05, 4.69) is 41.7 Å². The van der Waals surface area contributed by atoms with E-state index >= 15 is 0 Å². The summed E-state index contributed by atoms with van der Waals surface area (Å²) >= 11 is 0. The van der Waals surface area contributed by atoms with Gasteiger partial charge in [-0.2, -0.15) is 0 Å². The van der Waals surface area contributed by atoms with Crippen LogP contribution >= 0.6 is 0 Å². The minimum Gasteiger partial charge on any atom is -0.312 e.